The van der Waals surface area contributed by atoms with Crippen LogP contribution in [-0.4, -0.2) is 36.7 Å². The number of hydrogen-bond donors (Lipinski definition) is 0. The van der Waals surface area contributed by atoms with Crippen molar-refractivity contribution < 1.29 is 28.5 Å². The van der Waals surface area contributed by atoms with Crippen molar-refractivity contribution in [1.29, 1.82) is 0 Å². The standard InChI is InChI=1S/C25H30O6/c1-25(2,3)31-24(26)30-21-14-15-28-22(18-27-16-19-10-6-4-7-11-19)23(21)29-17-20-12-8-5-9-13-20/h4-15,21-23H,16-18H2,1-3H3/t21-,22-,23+/m1/s1. The highest BCUT2D eigenvalue weighted by molar-refractivity contribution is 5.61. The van der Waals surface area contributed by atoms with Crippen molar-refractivity contribution in [2.24, 2.45) is 0 Å². The van der Waals surface area contributed by atoms with Gasteiger partial charge in [0.2, 0.25) is 0 Å². The van der Waals surface area contributed by atoms with Crippen molar-refractivity contribution in [3.63, 3.8) is 0 Å². The van der Waals surface area contributed by atoms with Crippen LogP contribution in [-0.2, 0) is 36.9 Å². The first kappa shape index (κ1) is 22.8. The van der Waals surface area contributed by atoms with Crippen LogP contribution < -0.4 is 0 Å². The van der Waals surface area contributed by atoms with E-state index in [1.54, 1.807) is 26.8 Å². The zero-order chi connectivity index (χ0) is 22.1. The first-order chi connectivity index (χ1) is 14.9. The Kier molecular flexibility index (Phi) is 8.09. The molecule has 2 aromatic carbocycles. The van der Waals surface area contributed by atoms with E-state index >= 15 is 0 Å². The van der Waals surface area contributed by atoms with E-state index < -0.39 is 30.1 Å². The van der Waals surface area contributed by atoms with Crippen molar-refractivity contribution in [2.75, 3.05) is 6.61 Å². The minimum atomic E-state index is -0.749. The SMILES string of the molecule is CC(C)(C)OC(=O)O[C@@H]1C=CO[C@H](COCc2ccccc2)[C@H]1OCc1ccccc1. The van der Waals surface area contributed by atoms with E-state index in [2.05, 4.69) is 0 Å². The summed E-state index contributed by atoms with van der Waals surface area (Å²) in [5.41, 5.74) is 1.43. The van der Waals surface area contributed by atoms with Gasteiger partial charge in [0.05, 0.1) is 26.1 Å². The summed E-state index contributed by atoms with van der Waals surface area (Å²) in [7, 11) is 0. The van der Waals surface area contributed by atoms with Crippen LogP contribution in [0, 0.1) is 0 Å². The van der Waals surface area contributed by atoms with Gasteiger partial charge in [-0.15, -0.1) is 0 Å². The predicted octanol–water partition coefficient (Wildman–Crippen LogP) is 5.02. The fourth-order valence-electron chi connectivity index (χ4n) is 3.08. The van der Waals surface area contributed by atoms with Gasteiger partial charge in [0.1, 0.15) is 11.7 Å². The summed E-state index contributed by atoms with van der Waals surface area (Å²) < 4.78 is 28.6. The van der Waals surface area contributed by atoms with Crippen molar-refractivity contribution in [3.8, 4) is 0 Å². The first-order valence-electron chi connectivity index (χ1n) is 10.4. The molecular formula is C25H30O6. The Bertz CT molecular complexity index is 828. The second kappa shape index (κ2) is 11.0. The molecule has 1 aliphatic heterocycles. The molecule has 0 unspecified atom stereocenters. The maximum atomic E-state index is 12.2. The molecule has 0 saturated heterocycles. The summed E-state index contributed by atoms with van der Waals surface area (Å²) in [5, 5.41) is 0. The second-order valence-electron chi connectivity index (χ2n) is 8.31. The first-order valence-corrected chi connectivity index (χ1v) is 10.4. The molecule has 0 aliphatic carbocycles. The molecule has 3 atom stereocenters. The number of carbonyl (C=O) groups excluding carboxylic acids is 1. The fourth-order valence-corrected chi connectivity index (χ4v) is 3.08. The van der Waals surface area contributed by atoms with Gasteiger partial charge < -0.3 is 23.7 Å². The van der Waals surface area contributed by atoms with Crippen LogP contribution in [0.3, 0.4) is 0 Å². The third kappa shape index (κ3) is 7.74. The van der Waals surface area contributed by atoms with Crippen LogP contribution in [0.15, 0.2) is 73.0 Å². The van der Waals surface area contributed by atoms with E-state index in [0.717, 1.165) is 11.1 Å². The third-order valence-corrected chi connectivity index (χ3v) is 4.51. The van der Waals surface area contributed by atoms with Crippen molar-refractivity contribution in [2.45, 2.75) is 57.9 Å². The summed E-state index contributed by atoms with van der Waals surface area (Å²) in [6, 6.07) is 19.7. The van der Waals surface area contributed by atoms with E-state index in [4.69, 9.17) is 23.7 Å². The quantitative estimate of drug-likeness (QED) is 0.552. The Morgan fingerprint density at radius 3 is 2.16 bits per heavy atom. The molecule has 0 spiro atoms. The lowest BCUT2D eigenvalue weighted by Gasteiger charge is -2.34. The van der Waals surface area contributed by atoms with Crippen LogP contribution in [0.25, 0.3) is 0 Å². The summed E-state index contributed by atoms with van der Waals surface area (Å²) in [4.78, 5) is 12.2. The van der Waals surface area contributed by atoms with Crippen LogP contribution >= 0.6 is 0 Å². The molecule has 0 N–H and O–H groups in total. The summed E-state index contributed by atoms with van der Waals surface area (Å²) in [6.45, 7) is 6.46. The normalized spacial score (nSPS) is 20.7. The summed E-state index contributed by atoms with van der Waals surface area (Å²) >= 11 is 0. The molecule has 1 aliphatic rings. The Hall–Kier alpha value is -2.83. The molecule has 31 heavy (non-hydrogen) atoms. The molecule has 6 heteroatoms. The molecule has 0 fully saturated rings. The molecule has 6 nitrogen and oxygen atoms in total. The lowest BCUT2D eigenvalue weighted by molar-refractivity contribution is -0.140. The van der Waals surface area contributed by atoms with Gasteiger partial charge in [-0.25, -0.2) is 4.79 Å². The van der Waals surface area contributed by atoms with E-state index in [1.807, 2.05) is 60.7 Å². The molecule has 0 amide bonds. The maximum absolute atomic E-state index is 12.2. The van der Waals surface area contributed by atoms with Crippen LogP contribution in [0.2, 0.25) is 0 Å². The largest absolute Gasteiger partial charge is 0.509 e. The summed E-state index contributed by atoms with van der Waals surface area (Å²) in [5.74, 6) is 0. The molecule has 0 radical (unpaired) electrons. The van der Waals surface area contributed by atoms with Crippen LogP contribution in [0.5, 0.6) is 0 Å². The highest BCUT2D eigenvalue weighted by Crippen LogP contribution is 2.22. The van der Waals surface area contributed by atoms with E-state index in [0.29, 0.717) is 13.2 Å². The number of benzene rings is 2. The Morgan fingerprint density at radius 2 is 1.55 bits per heavy atom. The Balaban J connectivity index is 1.64. The highest BCUT2D eigenvalue weighted by Gasteiger charge is 2.37. The van der Waals surface area contributed by atoms with E-state index in [-0.39, 0.29) is 6.61 Å². The molecule has 166 valence electrons. The van der Waals surface area contributed by atoms with Crippen LogP contribution in [0.4, 0.5) is 4.79 Å². The lowest BCUT2D eigenvalue weighted by atomic mass is 10.1. The average molecular weight is 427 g/mol. The maximum Gasteiger partial charge on any atom is 0.509 e. The molecule has 0 aromatic heterocycles. The topological polar surface area (TPSA) is 63.2 Å². The molecule has 3 rings (SSSR count). The minimum absolute atomic E-state index is 0.285. The zero-order valence-electron chi connectivity index (χ0n) is 18.2. The molecule has 0 saturated carbocycles. The van der Waals surface area contributed by atoms with Crippen molar-refractivity contribution in [1.82, 2.24) is 0 Å². The smallest absolute Gasteiger partial charge is 0.493 e. The molecule has 0 bridgehead atoms. The highest BCUT2D eigenvalue weighted by atomic mass is 16.7. The van der Waals surface area contributed by atoms with Gasteiger partial charge in [-0.1, -0.05) is 60.7 Å². The Morgan fingerprint density at radius 1 is 0.935 bits per heavy atom. The molecular weight excluding hydrogens is 396 g/mol. The van der Waals surface area contributed by atoms with E-state index in [1.165, 1.54) is 6.26 Å². The summed E-state index contributed by atoms with van der Waals surface area (Å²) in [6.07, 6.45) is 0.790. The molecule has 2 aromatic rings. The van der Waals surface area contributed by atoms with Crippen molar-refractivity contribution >= 4 is 6.16 Å². The fraction of sp³-hybridized carbons (Fsp3) is 0.400. The van der Waals surface area contributed by atoms with E-state index in [9.17, 15) is 4.79 Å². The third-order valence-electron chi connectivity index (χ3n) is 4.51. The van der Waals surface area contributed by atoms with Gasteiger partial charge in [-0.3, -0.25) is 0 Å². The van der Waals surface area contributed by atoms with Gasteiger partial charge in [-0.05, 0) is 38.0 Å². The van der Waals surface area contributed by atoms with Gasteiger partial charge in [-0.2, -0.15) is 0 Å². The van der Waals surface area contributed by atoms with Gasteiger partial charge in [0, 0.05) is 0 Å². The van der Waals surface area contributed by atoms with Crippen molar-refractivity contribution in [3.05, 3.63) is 84.1 Å². The van der Waals surface area contributed by atoms with Gasteiger partial charge in [0.25, 0.3) is 0 Å². The zero-order valence-corrected chi connectivity index (χ0v) is 18.2. The average Bonchev–Trinajstić information content (AvgIpc) is 2.73. The Labute approximate surface area is 183 Å². The lowest BCUT2D eigenvalue weighted by Crippen LogP contribution is -2.47. The monoisotopic (exact) mass is 426 g/mol. The minimum Gasteiger partial charge on any atom is -0.493 e. The predicted molar refractivity (Wildman–Crippen MR) is 116 cm³/mol. The van der Waals surface area contributed by atoms with Gasteiger partial charge in [0.15, 0.2) is 12.2 Å². The number of rotatable bonds is 8. The van der Waals surface area contributed by atoms with Gasteiger partial charge >= 0.3 is 6.16 Å². The molecule has 1 heterocycles. The number of carbonyl (C=O) groups is 1. The second-order valence-corrected chi connectivity index (χ2v) is 8.31. The number of hydrogen-bond acceptors (Lipinski definition) is 6. The van der Waals surface area contributed by atoms with Crippen LogP contribution in [0.1, 0.15) is 31.9 Å². The number of ether oxygens (including phenoxy) is 5.